The van der Waals surface area contributed by atoms with E-state index in [2.05, 4.69) is 111 Å². The van der Waals surface area contributed by atoms with Crippen molar-refractivity contribution in [2.45, 2.75) is 152 Å². The highest BCUT2D eigenvalue weighted by molar-refractivity contribution is 6.18. The van der Waals surface area contributed by atoms with Gasteiger partial charge in [0.25, 0.3) is 0 Å². The van der Waals surface area contributed by atoms with Gasteiger partial charge < -0.3 is 0 Å². The van der Waals surface area contributed by atoms with Crippen LogP contribution in [0.1, 0.15) is 152 Å². The van der Waals surface area contributed by atoms with Gasteiger partial charge >= 0.3 is 0 Å². The number of halogens is 1. The molecular weight excluding hydrogens is 516 g/mol. The van der Waals surface area contributed by atoms with E-state index in [0.717, 1.165) is 32.1 Å². The Labute approximate surface area is 262 Å². The van der Waals surface area contributed by atoms with Crippen LogP contribution in [0.2, 0.25) is 0 Å². The molecule has 41 heavy (non-hydrogen) atoms. The van der Waals surface area contributed by atoms with Crippen LogP contribution in [-0.4, -0.2) is 5.88 Å². The molecule has 0 aliphatic carbocycles. The molecule has 0 heterocycles. The molecule has 0 N–H and O–H groups in total. The monoisotopic (exact) mass is 580 g/mol. The summed E-state index contributed by atoms with van der Waals surface area (Å²) in [7, 11) is 0. The summed E-state index contributed by atoms with van der Waals surface area (Å²) in [5.74, 6) is 0.623. The van der Waals surface area contributed by atoms with Gasteiger partial charge in [0.05, 0.1) is 0 Å². The molecule has 0 aromatic carbocycles. The fourth-order valence-electron chi connectivity index (χ4n) is 4.71. The van der Waals surface area contributed by atoms with Gasteiger partial charge in [-0.25, -0.2) is 0 Å². The Morgan fingerprint density at radius 2 is 0.512 bits per heavy atom. The highest BCUT2D eigenvalue weighted by Crippen LogP contribution is 2.17. The Bertz CT molecular complexity index is 951. The summed E-state index contributed by atoms with van der Waals surface area (Å²) in [6, 6.07) is 0. The first-order chi connectivity index (χ1) is 19.5. The fourth-order valence-corrected chi connectivity index (χ4v) is 4.98. The smallest absolute Gasteiger partial charge is 0.0406 e. The molecule has 0 aromatic heterocycles. The van der Waals surface area contributed by atoms with Crippen LogP contribution in [0.5, 0.6) is 0 Å². The predicted molar refractivity (Wildman–Crippen MR) is 191 cm³/mol. The van der Waals surface area contributed by atoms with Crippen molar-refractivity contribution in [1.82, 2.24) is 0 Å². The summed E-state index contributed by atoms with van der Waals surface area (Å²) in [5, 5.41) is 0. The molecule has 1 heteroatoms. The summed E-state index contributed by atoms with van der Waals surface area (Å²) >= 11 is 5.77. The molecule has 0 spiro atoms. The van der Waals surface area contributed by atoms with Gasteiger partial charge in [-0.15, -0.1) is 11.6 Å². The molecule has 0 unspecified atom stereocenters. The van der Waals surface area contributed by atoms with Crippen LogP contribution in [0, 0.1) is 0 Å². The minimum atomic E-state index is 0.623. The minimum absolute atomic E-state index is 0.623. The first-order valence-electron chi connectivity index (χ1n) is 16.3. The zero-order valence-corrected chi connectivity index (χ0v) is 29.4. The molecule has 0 fully saturated rings. The highest BCUT2D eigenvalue weighted by atomic mass is 35.5. The minimum Gasteiger partial charge on any atom is -0.122 e. The van der Waals surface area contributed by atoms with Crippen LogP contribution < -0.4 is 0 Å². The number of allylic oxidation sites excluding steroid dienone is 16. The zero-order chi connectivity index (χ0) is 30.9. The van der Waals surface area contributed by atoms with E-state index in [1.165, 1.54) is 102 Å². The second kappa shape index (κ2) is 25.9. The van der Waals surface area contributed by atoms with Gasteiger partial charge in [-0.1, -0.05) is 93.2 Å². The maximum atomic E-state index is 5.77. The van der Waals surface area contributed by atoms with Crippen molar-refractivity contribution < 1.29 is 0 Å². The Kier molecular flexibility index (Phi) is 24.8. The first-order valence-corrected chi connectivity index (χ1v) is 16.9. The number of alkyl halides is 1. The molecule has 0 bridgehead atoms. The van der Waals surface area contributed by atoms with Gasteiger partial charge in [-0.05, 0) is 152 Å². The molecule has 232 valence electrons. The Hall–Kier alpha value is -1.79. The SMILES string of the molecule is CC(C)=CCCC(C)=CCCC(C)=CCCC(C)=CCCC(C)=CCCC(C)=CCCC(C)=CCC/C(C)=C/CCl. The van der Waals surface area contributed by atoms with Gasteiger partial charge in [0.15, 0.2) is 0 Å². The van der Waals surface area contributed by atoms with E-state index in [0.29, 0.717) is 5.88 Å². The van der Waals surface area contributed by atoms with Crippen LogP contribution in [0.15, 0.2) is 93.2 Å². The van der Waals surface area contributed by atoms with Crippen LogP contribution in [0.3, 0.4) is 0 Å². The lowest BCUT2D eigenvalue weighted by Crippen LogP contribution is -1.84. The summed E-state index contributed by atoms with van der Waals surface area (Å²) in [4.78, 5) is 0. The second-order valence-electron chi connectivity index (χ2n) is 12.6. The molecule has 0 saturated heterocycles. The quantitative estimate of drug-likeness (QED) is 0.0882. The topological polar surface area (TPSA) is 0 Å². The molecule has 0 saturated carbocycles. The van der Waals surface area contributed by atoms with Crippen molar-refractivity contribution in [3.63, 3.8) is 0 Å². The fraction of sp³-hybridized carbons (Fsp3) is 0.600. The maximum Gasteiger partial charge on any atom is 0.0406 e. The lowest BCUT2D eigenvalue weighted by atomic mass is 10.0. The highest BCUT2D eigenvalue weighted by Gasteiger charge is 1.96. The van der Waals surface area contributed by atoms with Crippen molar-refractivity contribution in [2.24, 2.45) is 0 Å². The standard InChI is InChI=1S/C40H65Cl/c1-33(2)17-10-18-34(3)19-11-20-35(4)21-12-22-36(5)23-13-24-37(6)25-14-26-38(7)27-15-28-39(8)29-16-30-40(9)31-32-41/h17,19,21,23,25,27,29,31H,10-16,18,20,22,24,26,28,30,32H2,1-9H3/b34-19?,35-21?,36-23?,37-25?,38-27?,39-29?,40-31+. The molecule has 0 rings (SSSR count). The van der Waals surface area contributed by atoms with Gasteiger partial charge in [0.1, 0.15) is 0 Å². The van der Waals surface area contributed by atoms with Crippen LogP contribution in [0.25, 0.3) is 0 Å². The van der Waals surface area contributed by atoms with Crippen molar-refractivity contribution in [3.8, 4) is 0 Å². The van der Waals surface area contributed by atoms with Crippen molar-refractivity contribution in [1.29, 1.82) is 0 Å². The Morgan fingerprint density at radius 1 is 0.317 bits per heavy atom. The Morgan fingerprint density at radius 3 is 0.707 bits per heavy atom. The molecule has 0 aromatic rings. The van der Waals surface area contributed by atoms with Gasteiger partial charge in [0, 0.05) is 5.88 Å². The first kappa shape index (κ1) is 39.2. The van der Waals surface area contributed by atoms with Crippen molar-refractivity contribution >= 4 is 11.6 Å². The van der Waals surface area contributed by atoms with E-state index in [9.17, 15) is 0 Å². The third kappa shape index (κ3) is 26.8. The molecule has 0 radical (unpaired) electrons. The average molecular weight is 581 g/mol. The third-order valence-corrected chi connectivity index (χ3v) is 7.86. The van der Waals surface area contributed by atoms with Crippen molar-refractivity contribution in [3.05, 3.63) is 93.2 Å². The number of rotatable bonds is 22. The molecule has 0 atom stereocenters. The number of hydrogen-bond donors (Lipinski definition) is 0. The molecule has 0 aliphatic heterocycles. The molecular formula is C40H65Cl. The zero-order valence-electron chi connectivity index (χ0n) is 28.6. The van der Waals surface area contributed by atoms with E-state index < -0.39 is 0 Å². The van der Waals surface area contributed by atoms with Gasteiger partial charge in [-0.2, -0.15) is 0 Å². The number of hydrogen-bond acceptors (Lipinski definition) is 0. The summed E-state index contributed by atoms with van der Waals surface area (Å²) < 4.78 is 0. The molecule has 0 amide bonds. The summed E-state index contributed by atoms with van der Waals surface area (Å²) in [6.07, 6.45) is 35.4. The summed E-state index contributed by atoms with van der Waals surface area (Å²) in [6.45, 7) is 20.2. The van der Waals surface area contributed by atoms with Crippen LogP contribution >= 0.6 is 11.6 Å². The normalized spacial score (nSPS) is 14.6. The van der Waals surface area contributed by atoms with Crippen LogP contribution in [-0.2, 0) is 0 Å². The van der Waals surface area contributed by atoms with E-state index >= 15 is 0 Å². The lowest BCUT2D eigenvalue weighted by molar-refractivity contribution is 0.881. The van der Waals surface area contributed by atoms with E-state index in [1.807, 2.05) is 0 Å². The van der Waals surface area contributed by atoms with Gasteiger partial charge in [-0.3, -0.25) is 0 Å². The third-order valence-electron chi connectivity index (χ3n) is 7.71. The maximum absolute atomic E-state index is 5.77. The Balaban J connectivity index is 4.18. The van der Waals surface area contributed by atoms with E-state index in [4.69, 9.17) is 11.6 Å². The molecule has 0 aliphatic rings. The van der Waals surface area contributed by atoms with E-state index in [-0.39, 0.29) is 0 Å². The van der Waals surface area contributed by atoms with Crippen LogP contribution in [0.4, 0.5) is 0 Å². The predicted octanol–water partition coefficient (Wildman–Crippen LogP) is 14.3. The van der Waals surface area contributed by atoms with E-state index in [1.54, 1.807) is 0 Å². The average Bonchev–Trinajstić information content (AvgIpc) is 2.88. The van der Waals surface area contributed by atoms with Gasteiger partial charge in [0.2, 0.25) is 0 Å². The lowest BCUT2D eigenvalue weighted by Gasteiger charge is -2.04. The summed E-state index contributed by atoms with van der Waals surface area (Å²) in [5.41, 5.74) is 11.9. The second-order valence-corrected chi connectivity index (χ2v) is 12.9. The molecule has 0 nitrogen and oxygen atoms in total. The van der Waals surface area contributed by atoms with Crippen molar-refractivity contribution in [2.75, 3.05) is 5.88 Å². The largest absolute Gasteiger partial charge is 0.122 e.